The molecule has 2 saturated heterocycles. The van der Waals surface area contributed by atoms with E-state index in [0.717, 1.165) is 62.1 Å². The van der Waals surface area contributed by atoms with Crippen LogP contribution in [0.4, 0.5) is 10.1 Å². The van der Waals surface area contributed by atoms with Gasteiger partial charge in [0.25, 0.3) is 5.91 Å². The predicted molar refractivity (Wildman–Crippen MR) is 138 cm³/mol. The monoisotopic (exact) mass is 480 g/mol. The Kier molecular flexibility index (Phi) is 7.87. The summed E-state index contributed by atoms with van der Waals surface area (Å²) in [5.41, 5.74) is 2.17. The molecule has 35 heavy (non-hydrogen) atoms. The van der Waals surface area contributed by atoms with E-state index in [1.54, 1.807) is 19.9 Å². The molecule has 0 unspecified atom stereocenters. The molecule has 2 amide bonds. The summed E-state index contributed by atoms with van der Waals surface area (Å²) in [7, 11) is 2.11. The summed E-state index contributed by atoms with van der Waals surface area (Å²) in [6.45, 7) is 6.36. The third kappa shape index (κ3) is 6.47. The first-order valence-electron chi connectivity index (χ1n) is 12.6. The lowest BCUT2D eigenvalue weighted by Crippen LogP contribution is -2.46. The second kappa shape index (κ2) is 10.9. The van der Waals surface area contributed by atoms with Crippen molar-refractivity contribution in [2.45, 2.75) is 57.3 Å². The molecular formula is C28H37FN4O2. The van der Waals surface area contributed by atoms with E-state index in [1.165, 1.54) is 0 Å². The molecule has 2 aromatic rings. The van der Waals surface area contributed by atoms with Gasteiger partial charge in [0, 0.05) is 44.0 Å². The van der Waals surface area contributed by atoms with Crippen molar-refractivity contribution >= 4 is 17.5 Å². The fourth-order valence-corrected chi connectivity index (χ4v) is 5.19. The Hall–Kier alpha value is -2.77. The molecule has 2 aromatic carbocycles. The fourth-order valence-electron chi connectivity index (χ4n) is 5.19. The summed E-state index contributed by atoms with van der Waals surface area (Å²) in [6, 6.07) is 15.7. The zero-order valence-electron chi connectivity index (χ0n) is 21.0. The Morgan fingerprint density at radius 3 is 2.40 bits per heavy atom. The number of imide groups is 1. The van der Waals surface area contributed by atoms with E-state index in [4.69, 9.17) is 0 Å². The number of halogens is 1. The van der Waals surface area contributed by atoms with Crippen molar-refractivity contribution in [2.75, 3.05) is 38.1 Å². The maximum Gasteiger partial charge on any atom is 0.258 e. The Labute approximate surface area is 207 Å². The molecule has 0 saturated carbocycles. The van der Waals surface area contributed by atoms with Crippen LogP contribution in [0.25, 0.3) is 11.1 Å². The van der Waals surface area contributed by atoms with Crippen LogP contribution in [-0.2, 0) is 4.79 Å². The molecule has 1 atom stereocenters. The number of hydrogen-bond donors (Lipinski definition) is 2. The molecule has 2 fully saturated rings. The summed E-state index contributed by atoms with van der Waals surface area (Å²) in [4.78, 5) is 29.8. The fraction of sp³-hybridized carbons (Fsp3) is 0.500. The molecular weight excluding hydrogens is 443 g/mol. The van der Waals surface area contributed by atoms with Crippen LogP contribution >= 0.6 is 0 Å². The molecule has 0 bridgehead atoms. The number of likely N-dealkylation sites (tertiary alicyclic amines) is 1. The normalized spacial score (nSPS) is 19.5. The van der Waals surface area contributed by atoms with Gasteiger partial charge in [-0.05, 0) is 75.4 Å². The largest absolute Gasteiger partial charge is 0.372 e. The minimum atomic E-state index is -1.16. The Morgan fingerprint density at radius 2 is 1.77 bits per heavy atom. The van der Waals surface area contributed by atoms with E-state index in [0.29, 0.717) is 18.2 Å². The molecule has 2 heterocycles. The lowest BCUT2D eigenvalue weighted by atomic mass is 9.98. The summed E-state index contributed by atoms with van der Waals surface area (Å²) in [5, 5.41) is 5.69. The van der Waals surface area contributed by atoms with Crippen molar-refractivity contribution in [1.82, 2.24) is 15.5 Å². The van der Waals surface area contributed by atoms with Crippen molar-refractivity contribution in [3.05, 3.63) is 54.1 Å². The average molecular weight is 481 g/mol. The van der Waals surface area contributed by atoms with Crippen LogP contribution in [0.5, 0.6) is 0 Å². The van der Waals surface area contributed by atoms with Crippen molar-refractivity contribution in [1.29, 1.82) is 0 Å². The molecule has 0 aliphatic carbocycles. The van der Waals surface area contributed by atoms with E-state index < -0.39 is 5.67 Å². The molecule has 7 heteroatoms. The van der Waals surface area contributed by atoms with E-state index in [-0.39, 0.29) is 17.9 Å². The van der Waals surface area contributed by atoms with Crippen LogP contribution in [0.3, 0.4) is 0 Å². The van der Waals surface area contributed by atoms with Crippen LogP contribution in [-0.4, -0.2) is 67.7 Å². The molecule has 188 valence electrons. The number of amides is 2. The Bertz CT molecular complexity index is 1020. The number of nitrogens with one attached hydrogen (secondary N) is 2. The van der Waals surface area contributed by atoms with E-state index in [2.05, 4.69) is 39.6 Å². The van der Waals surface area contributed by atoms with Crippen molar-refractivity contribution in [3.63, 3.8) is 0 Å². The quantitative estimate of drug-likeness (QED) is 0.587. The molecule has 2 N–H and O–H groups in total. The van der Waals surface area contributed by atoms with Crippen molar-refractivity contribution < 1.29 is 14.0 Å². The molecule has 0 aromatic heterocycles. The standard InChI is InChI=1S/C28H37FN4O2/c1-28(2,29)19-33-17-14-22(15-18-33)32(3)21-12-10-20(11-13-21)23-7-4-5-8-24(23)26(34)31-27(35)25-9-6-16-30-25/h4-5,7-8,10-13,22,25,30H,6,9,14-19H2,1-3H3,(H,31,34,35)/t25-/m0/s1. The average Bonchev–Trinajstić information content (AvgIpc) is 3.39. The lowest BCUT2D eigenvalue weighted by Gasteiger charge is -2.39. The number of carbonyl (C=O) groups excluding carboxylic acids is 2. The van der Waals surface area contributed by atoms with Crippen molar-refractivity contribution in [3.8, 4) is 11.1 Å². The second-order valence-electron chi connectivity index (χ2n) is 10.4. The maximum absolute atomic E-state index is 14.0. The number of benzene rings is 2. The lowest BCUT2D eigenvalue weighted by molar-refractivity contribution is -0.121. The van der Waals surface area contributed by atoms with E-state index in [9.17, 15) is 14.0 Å². The first-order chi connectivity index (χ1) is 16.7. The van der Waals surface area contributed by atoms with Crippen LogP contribution in [0.2, 0.25) is 0 Å². The first-order valence-corrected chi connectivity index (χ1v) is 12.6. The molecule has 6 nitrogen and oxygen atoms in total. The van der Waals surface area contributed by atoms with Gasteiger partial charge in [0.1, 0.15) is 5.67 Å². The third-order valence-corrected chi connectivity index (χ3v) is 7.08. The van der Waals surface area contributed by atoms with E-state index >= 15 is 0 Å². The Balaban J connectivity index is 1.41. The Morgan fingerprint density at radius 1 is 1.09 bits per heavy atom. The van der Waals surface area contributed by atoms with Gasteiger partial charge in [-0.3, -0.25) is 14.9 Å². The molecule has 0 spiro atoms. The summed E-state index contributed by atoms with van der Waals surface area (Å²) in [5.74, 6) is -0.635. The van der Waals surface area contributed by atoms with Crippen LogP contribution in [0.15, 0.2) is 48.5 Å². The zero-order chi connectivity index (χ0) is 25.0. The topological polar surface area (TPSA) is 64.7 Å². The highest BCUT2D eigenvalue weighted by Gasteiger charge is 2.27. The number of carbonyl (C=O) groups is 2. The van der Waals surface area contributed by atoms with Gasteiger partial charge in [-0.1, -0.05) is 30.3 Å². The smallest absolute Gasteiger partial charge is 0.258 e. The molecule has 4 rings (SSSR count). The number of nitrogens with zero attached hydrogens (tertiary/aromatic N) is 2. The third-order valence-electron chi connectivity index (χ3n) is 7.08. The van der Waals surface area contributed by atoms with Gasteiger partial charge >= 0.3 is 0 Å². The van der Waals surface area contributed by atoms with Gasteiger partial charge in [0.2, 0.25) is 5.91 Å². The predicted octanol–water partition coefficient (Wildman–Crippen LogP) is 4.01. The number of anilines is 1. The minimum absolute atomic E-state index is 0.264. The highest BCUT2D eigenvalue weighted by atomic mass is 19.1. The SMILES string of the molecule is CN(c1ccc(-c2ccccc2C(=O)NC(=O)[C@@H]2CCCN2)cc1)C1CCN(CC(C)(C)F)CC1. The molecule has 2 aliphatic rings. The zero-order valence-corrected chi connectivity index (χ0v) is 21.0. The van der Waals surface area contributed by atoms with Gasteiger partial charge in [-0.25, -0.2) is 4.39 Å². The summed E-state index contributed by atoms with van der Waals surface area (Å²) >= 11 is 0. The van der Waals surface area contributed by atoms with E-state index in [1.807, 2.05) is 30.3 Å². The first kappa shape index (κ1) is 25.3. The highest BCUT2D eigenvalue weighted by molar-refractivity contribution is 6.09. The van der Waals surface area contributed by atoms with Crippen LogP contribution in [0, 0.1) is 0 Å². The number of hydrogen-bond acceptors (Lipinski definition) is 5. The van der Waals surface area contributed by atoms with Crippen LogP contribution in [0.1, 0.15) is 49.9 Å². The number of alkyl halides is 1. The van der Waals surface area contributed by atoms with Gasteiger partial charge < -0.3 is 15.1 Å². The van der Waals surface area contributed by atoms with Crippen LogP contribution < -0.4 is 15.5 Å². The van der Waals surface area contributed by atoms with Gasteiger partial charge in [-0.2, -0.15) is 0 Å². The number of rotatable bonds is 7. The number of piperidine rings is 1. The molecule has 0 radical (unpaired) electrons. The highest BCUT2D eigenvalue weighted by Crippen LogP contribution is 2.28. The van der Waals surface area contributed by atoms with Gasteiger partial charge in [0.05, 0.1) is 6.04 Å². The van der Waals surface area contributed by atoms with Gasteiger partial charge in [0.15, 0.2) is 0 Å². The maximum atomic E-state index is 14.0. The minimum Gasteiger partial charge on any atom is -0.372 e. The van der Waals surface area contributed by atoms with Gasteiger partial charge in [-0.15, -0.1) is 0 Å². The second-order valence-corrected chi connectivity index (χ2v) is 10.4. The summed E-state index contributed by atoms with van der Waals surface area (Å²) < 4.78 is 14.0. The van der Waals surface area contributed by atoms with Crippen molar-refractivity contribution in [2.24, 2.45) is 0 Å². The summed E-state index contributed by atoms with van der Waals surface area (Å²) in [6.07, 6.45) is 3.70. The molecule has 2 aliphatic heterocycles.